The topological polar surface area (TPSA) is 75.8 Å². The van der Waals surface area contributed by atoms with Crippen molar-refractivity contribution in [1.29, 1.82) is 0 Å². The van der Waals surface area contributed by atoms with Crippen LogP contribution in [0.1, 0.15) is 45.2 Å². The van der Waals surface area contributed by atoms with Crippen LogP contribution in [0.2, 0.25) is 0 Å². The van der Waals surface area contributed by atoms with Crippen molar-refractivity contribution in [3.8, 4) is 0 Å². The maximum Gasteiger partial charge on any atom is 0.224 e. The van der Waals surface area contributed by atoms with Gasteiger partial charge in [-0.05, 0) is 41.7 Å². The number of hydrogen-bond acceptors (Lipinski definition) is 4. The number of hydrogen-bond donors (Lipinski definition) is 1. The lowest BCUT2D eigenvalue weighted by atomic mass is 9.68. The van der Waals surface area contributed by atoms with E-state index in [9.17, 15) is 9.59 Å². The number of para-hydroxylation sites is 2. The van der Waals surface area contributed by atoms with Gasteiger partial charge in [-0.25, -0.2) is 0 Å². The van der Waals surface area contributed by atoms with Crippen LogP contribution in [0.25, 0.3) is 0 Å². The Morgan fingerprint density at radius 2 is 1.79 bits per heavy atom. The molecular weight excluding hydrogens is 350 g/mol. The molecule has 5 heteroatoms. The SMILES string of the molecule is CC(=O)N1c2ccccc2N=C2CC(C)(C)CC(=O)C2C1c1ccc(N)cc1. The van der Waals surface area contributed by atoms with Gasteiger partial charge in [-0.15, -0.1) is 0 Å². The number of aliphatic imine (C=N–C) groups is 1. The molecule has 2 atom stereocenters. The number of nitrogen functional groups attached to an aromatic ring is 1. The summed E-state index contributed by atoms with van der Waals surface area (Å²) < 4.78 is 0. The summed E-state index contributed by atoms with van der Waals surface area (Å²) in [4.78, 5) is 32.8. The summed E-state index contributed by atoms with van der Waals surface area (Å²) in [6.07, 6.45) is 1.21. The molecule has 5 nitrogen and oxygen atoms in total. The van der Waals surface area contributed by atoms with Crippen molar-refractivity contribution >= 4 is 34.5 Å². The normalized spacial score (nSPS) is 23.3. The third-order valence-corrected chi connectivity index (χ3v) is 5.63. The molecule has 0 saturated heterocycles. The van der Waals surface area contributed by atoms with Gasteiger partial charge in [0.1, 0.15) is 5.78 Å². The minimum atomic E-state index is -0.451. The Hall–Kier alpha value is -2.95. The Morgan fingerprint density at radius 3 is 2.46 bits per heavy atom. The molecule has 2 N–H and O–H groups in total. The molecule has 1 amide bonds. The summed E-state index contributed by atoms with van der Waals surface area (Å²) in [5.74, 6) is -0.424. The third-order valence-electron chi connectivity index (χ3n) is 5.63. The Labute approximate surface area is 165 Å². The number of benzene rings is 2. The zero-order valence-electron chi connectivity index (χ0n) is 16.5. The van der Waals surface area contributed by atoms with E-state index >= 15 is 0 Å². The first kappa shape index (κ1) is 18.4. The number of ketones is 1. The van der Waals surface area contributed by atoms with E-state index in [1.165, 1.54) is 0 Å². The van der Waals surface area contributed by atoms with Crippen LogP contribution < -0.4 is 10.6 Å². The first-order valence-electron chi connectivity index (χ1n) is 9.61. The van der Waals surface area contributed by atoms with Crippen molar-refractivity contribution in [2.75, 3.05) is 10.6 Å². The van der Waals surface area contributed by atoms with E-state index in [1.54, 1.807) is 11.8 Å². The number of nitrogens with two attached hydrogens (primary N) is 1. The van der Waals surface area contributed by atoms with Crippen molar-refractivity contribution in [3.63, 3.8) is 0 Å². The van der Waals surface area contributed by atoms with Crippen LogP contribution in [0, 0.1) is 11.3 Å². The number of amides is 1. The van der Waals surface area contributed by atoms with Crippen LogP contribution in [0.15, 0.2) is 53.5 Å². The van der Waals surface area contributed by atoms with Gasteiger partial charge < -0.3 is 10.6 Å². The van der Waals surface area contributed by atoms with Crippen molar-refractivity contribution < 1.29 is 9.59 Å². The number of Topliss-reactive ketones (excluding diaryl/α,β-unsaturated/α-hetero) is 1. The lowest BCUT2D eigenvalue weighted by Crippen LogP contribution is -2.46. The molecule has 2 aromatic rings. The maximum atomic E-state index is 13.3. The summed E-state index contributed by atoms with van der Waals surface area (Å²) >= 11 is 0. The Morgan fingerprint density at radius 1 is 1.11 bits per heavy atom. The smallest absolute Gasteiger partial charge is 0.224 e. The second-order valence-corrected chi connectivity index (χ2v) is 8.55. The molecule has 2 unspecified atom stereocenters. The number of fused-ring (bicyclic) bond motifs is 2. The Kier molecular flexibility index (Phi) is 4.33. The predicted octanol–water partition coefficient (Wildman–Crippen LogP) is 4.45. The average Bonchev–Trinajstić information content (AvgIpc) is 2.75. The summed E-state index contributed by atoms with van der Waals surface area (Å²) in [6.45, 7) is 5.74. The zero-order valence-corrected chi connectivity index (χ0v) is 16.5. The van der Waals surface area contributed by atoms with Gasteiger partial charge in [-0.3, -0.25) is 14.6 Å². The van der Waals surface area contributed by atoms with Gasteiger partial charge in [0.15, 0.2) is 0 Å². The lowest BCUT2D eigenvalue weighted by Gasteiger charge is -2.40. The highest BCUT2D eigenvalue weighted by molar-refractivity contribution is 6.12. The molecule has 0 spiro atoms. The number of carbonyl (C=O) groups excluding carboxylic acids is 2. The molecule has 1 aliphatic carbocycles. The molecule has 0 aromatic heterocycles. The van der Waals surface area contributed by atoms with Gasteiger partial charge >= 0.3 is 0 Å². The number of rotatable bonds is 1. The minimum absolute atomic E-state index is 0.108. The van der Waals surface area contributed by atoms with Gasteiger partial charge in [-0.2, -0.15) is 0 Å². The Bertz CT molecular complexity index is 976. The number of carbonyl (C=O) groups is 2. The molecule has 1 aliphatic heterocycles. The molecule has 0 bridgehead atoms. The van der Waals surface area contributed by atoms with Crippen LogP contribution in [0.4, 0.5) is 17.1 Å². The largest absolute Gasteiger partial charge is 0.399 e. The van der Waals surface area contributed by atoms with E-state index < -0.39 is 12.0 Å². The zero-order chi connectivity index (χ0) is 20.1. The van der Waals surface area contributed by atoms with Crippen LogP contribution in [0.5, 0.6) is 0 Å². The lowest BCUT2D eigenvalue weighted by molar-refractivity contribution is -0.124. The van der Waals surface area contributed by atoms with E-state index in [2.05, 4.69) is 13.8 Å². The predicted molar refractivity (Wildman–Crippen MR) is 112 cm³/mol. The van der Waals surface area contributed by atoms with Gasteiger partial charge in [0.05, 0.1) is 23.3 Å². The fourth-order valence-electron chi connectivity index (χ4n) is 4.51. The van der Waals surface area contributed by atoms with E-state index in [4.69, 9.17) is 10.7 Å². The molecule has 1 fully saturated rings. The Balaban J connectivity index is 1.97. The molecule has 1 saturated carbocycles. The highest BCUT2D eigenvalue weighted by Gasteiger charge is 2.47. The first-order chi connectivity index (χ1) is 13.3. The van der Waals surface area contributed by atoms with Crippen LogP contribution in [0.3, 0.4) is 0 Å². The highest BCUT2D eigenvalue weighted by atomic mass is 16.2. The molecular formula is C23H25N3O2. The highest BCUT2D eigenvalue weighted by Crippen LogP contribution is 2.48. The van der Waals surface area contributed by atoms with E-state index in [-0.39, 0.29) is 17.1 Å². The average molecular weight is 375 g/mol. The molecule has 4 rings (SSSR count). The fourth-order valence-corrected chi connectivity index (χ4v) is 4.51. The van der Waals surface area contributed by atoms with Crippen molar-refractivity contribution in [3.05, 3.63) is 54.1 Å². The van der Waals surface area contributed by atoms with E-state index in [1.807, 2.05) is 48.5 Å². The first-order valence-corrected chi connectivity index (χ1v) is 9.61. The minimum Gasteiger partial charge on any atom is -0.399 e. The summed E-state index contributed by atoms with van der Waals surface area (Å²) in [5.41, 5.74) is 9.62. The van der Waals surface area contributed by atoms with Crippen LogP contribution in [-0.2, 0) is 9.59 Å². The molecule has 1 heterocycles. The summed E-state index contributed by atoms with van der Waals surface area (Å²) in [7, 11) is 0. The molecule has 2 aromatic carbocycles. The number of nitrogens with zero attached hydrogens (tertiary/aromatic N) is 2. The molecule has 2 aliphatic rings. The van der Waals surface area contributed by atoms with Gasteiger partial charge in [0, 0.05) is 24.7 Å². The molecule has 28 heavy (non-hydrogen) atoms. The molecule has 0 radical (unpaired) electrons. The van der Waals surface area contributed by atoms with Gasteiger partial charge in [-0.1, -0.05) is 38.1 Å². The third kappa shape index (κ3) is 3.11. The molecule has 144 valence electrons. The van der Waals surface area contributed by atoms with Crippen molar-refractivity contribution in [2.24, 2.45) is 16.3 Å². The fraction of sp³-hybridized carbons (Fsp3) is 0.348. The summed E-state index contributed by atoms with van der Waals surface area (Å²) in [6, 6.07) is 14.7. The van der Waals surface area contributed by atoms with Gasteiger partial charge in [0.25, 0.3) is 0 Å². The van der Waals surface area contributed by atoms with E-state index in [0.717, 1.165) is 29.1 Å². The maximum absolute atomic E-state index is 13.3. The van der Waals surface area contributed by atoms with Crippen molar-refractivity contribution in [1.82, 2.24) is 0 Å². The van der Waals surface area contributed by atoms with Crippen molar-refractivity contribution in [2.45, 2.75) is 39.7 Å². The monoisotopic (exact) mass is 375 g/mol. The quantitative estimate of drug-likeness (QED) is 0.748. The van der Waals surface area contributed by atoms with E-state index in [0.29, 0.717) is 12.1 Å². The second kappa shape index (κ2) is 6.59. The van der Waals surface area contributed by atoms with Gasteiger partial charge in [0.2, 0.25) is 5.91 Å². The van der Waals surface area contributed by atoms with Crippen LogP contribution >= 0.6 is 0 Å². The van der Waals surface area contributed by atoms with Crippen LogP contribution in [-0.4, -0.2) is 17.4 Å². The second-order valence-electron chi connectivity index (χ2n) is 8.55. The standard InChI is InChI=1S/C23H25N3O2/c1-14(27)26-19-7-5-4-6-17(19)25-18-12-23(2,3)13-20(28)21(18)22(26)15-8-10-16(24)11-9-15/h4-11,21-22H,12-13,24H2,1-3H3. The summed E-state index contributed by atoms with van der Waals surface area (Å²) in [5, 5.41) is 0. The number of anilines is 2.